The SMILES string of the molecule is CCCC(NC(C)C(=O)NCCOC)C(=O)OCC. The van der Waals surface area contributed by atoms with E-state index in [1.54, 1.807) is 21.0 Å². The molecule has 0 aliphatic heterocycles. The molecular formula is C13H26N2O4. The van der Waals surface area contributed by atoms with Gasteiger partial charge in [0.05, 0.1) is 19.3 Å². The van der Waals surface area contributed by atoms with Gasteiger partial charge in [-0.3, -0.25) is 14.9 Å². The summed E-state index contributed by atoms with van der Waals surface area (Å²) in [6.07, 6.45) is 1.49. The van der Waals surface area contributed by atoms with Crippen molar-refractivity contribution in [1.82, 2.24) is 10.6 Å². The number of hydrogen-bond donors (Lipinski definition) is 2. The predicted molar refractivity (Wildman–Crippen MR) is 72.8 cm³/mol. The summed E-state index contributed by atoms with van der Waals surface area (Å²) in [5.74, 6) is -0.455. The first kappa shape index (κ1) is 17.9. The van der Waals surface area contributed by atoms with Crippen molar-refractivity contribution in [2.45, 2.75) is 45.7 Å². The number of ether oxygens (including phenoxy) is 2. The molecule has 0 aliphatic carbocycles. The van der Waals surface area contributed by atoms with Crippen molar-refractivity contribution in [3.05, 3.63) is 0 Å². The zero-order chi connectivity index (χ0) is 14.7. The van der Waals surface area contributed by atoms with Crippen LogP contribution in [-0.2, 0) is 19.1 Å². The zero-order valence-electron chi connectivity index (χ0n) is 12.3. The van der Waals surface area contributed by atoms with Gasteiger partial charge in [0.25, 0.3) is 0 Å². The van der Waals surface area contributed by atoms with Crippen LogP contribution in [0.4, 0.5) is 0 Å². The highest BCUT2D eigenvalue weighted by atomic mass is 16.5. The summed E-state index contributed by atoms with van der Waals surface area (Å²) < 4.78 is 9.84. The average molecular weight is 274 g/mol. The van der Waals surface area contributed by atoms with Gasteiger partial charge < -0.3 is 14.8 Å². The highest BCUT2D eigenvalue weighted by Gasteiger charge is 2.23. The first-order chi connectivity index (χ1) is 9.06. The largest absolute Gasteiger partial charge is 0.465 e. The van der Waals surface area contributed by atoms with Crippen molar-refractivity contribution in [2.75, 3.05) is 26.9 Å². The van der Waals surface area contributed by atoms with Gasteiger partial charge in [-0.15, -0.1) is 0 Å². The topological polar surface area (TPSA) is 76.7 Å². The predicted octanol–water partition coefficient (Wildman–Crippen LogP) is 0.459. The van der Waals surface area contributed by atoms with E-state index in [1.807, 2.05) is 6.92 Å². The van der Waals surface area contributed by atoms with Crippen LogP contribution < -0.4 is 10.6 Å². The maximum atomic E-state index is 11.8. The van der Waals surface area contributed by atoms with E-state index in [2.05, 4.69) is 10.6 Å². The van der Waals surface area contributed by atoms with E-state index in [-0.39, 0.29) is 11.9 Å². The number of amides is 1. The van der Waals surface area contributed by atoms with Crippen molar-refractivity contribution in [1.29, 1.82) is 0 Å². The lowest BCUT2D eigenvalue weighted by Gasteiger charge is -2.21. The number of hydrogen-bond acceptors (Lipinski definition) is 5. The Bertz CT molecular complexity index is 271. The third kappa shape index (κ3) is 7.79. The minimum absolute atomic E-state index is 0.151. The second-order valence-corrected chi connectivity index (χ2v) is 4.27. The number of carbonyl (C=O) groups excluding carboxylic acids is 2. The van der Waals surface area contributed by atoms with Crippen LogP contribution in [0.3, 0.4) is 0 Å². The molecule has 0 heterocycles. The van der Waals surface area contributed by atoms with Gasteiger partial charge in [-0.05, 0) is 20.3 Å². The summed E-state index contributed by atoms with van der Waals surface area (Å²) in [7, 11) is 1.58. The standard InChI is InChI=1S/C13H26N2O4/c1-5-7-11(13(17)19-6-2)15-10(3)12(16)14-8-9-18-4/h10-11,15H,5-9H2,1-4H3,(H,14,16). The molecule has 2 N–H and O–H groups in total. The van der Waals surface area contributed by atoms with Crippen LogP contribution in [0.2, 0.25) is 0 Å². The Morgan fingerprint density at radius 3 is 2.47 bits per heavy atom. The van der Waals surface area contributed by atoms with E-state index >= 15 is 0 Å². The quantitative estimate of drug-likeness (QED) is 0.447. The maximum Gasteiger partial charge on any atom is 0.323 e. The lowest BCUT2D eigenvalue weighted by molar-refractivity contribution is -0.146. The van der Waals surface area contributed by atoms with Crippen LogP contribution in [0, 0.1) is 0 Å². The highest BCUT2D eigenvalue weighted by Crippen LogP contribution is 2.01. The minimum Gasteiger partial charge on any atom is -0.465 e. The molecule has 2 unspecified atom stereocenters. The molecule has 0 aromatic carbocycles. The van der Waals surface area contributed by atoms with Gasteiger partial charge in [0.1, 0.15) is 6.04 Å². The molecule has 0 bridgehead atoms. The first-order valence-electron chi connectivity index (χ1n) is 6.76. The summed E-state index contributed by atoms with van der Waals surface area (Å²) in [5, 5.41) is 5.72. The Morgan fingerprint density at radius 2 is 1.95 bits per heavy atom. The van der Waals surface area contributed by atoms with Gasteiger partial charge in [0.15, 0.2) is 0 Å². The van der Waals surface area contributed by atoms with Crippen LogP contribution in [0.1, 0.15) is 33.6 Å². The lowest BCUT2D eigenvalue weighted by atomic mass is 10.1. The third-order valence-electron chi connectivity index (χ3n) is 2.60. The third-order valence-corrected chi connectivity index (χ3v) is 2.60. The monoisotopic (exact) mass is 274 g/mol. The van der Waals surface area contributed by atoms with E-state index in [1.165, 1.54) is 0 Å². The van der Waals surface area contributed by atoms with Crippen molar-refractivity contribution in [3.8, 4) is 0 Å². The van der Waals surface area contributed by atoms with E-state index < -0.39 is 12.1 Å². The Hall–Kier alpha value is -1.14. The Morgan fingerprint density at radius 1 is 1.26 bits per heavy atom. The fourth-order valence-corrected chi connectivity index (χ4v) is 1.61. The number of esters is 1. The molecule has 1 amide bonds. The fraction of sp³-hybridized carbons (Fsp3) is 0.846. The fourth-order valence-electron chi connectivity index (χ4n) is 1.61. The van der Waals surface area contributed by atoms with E-state index in [0.29, 0.717) is 26.2 Å². The molecule has 0 radical (unpaired) electrons. The number of methoxy groups -OCH3 is 1. The van der Waals surface area contributed by atoms with Gasteiger partial charge in [-0.2, -0.15) is 0 Å². The van der Waals surface area contributed by atoms with Gasteiger partial charge in [0.2, 0.25) is 5.91 Å². The molecular weight excluding hydrogens is 248 g/mol. The lowest BCUT2D eigenvalue weighted by Crippen LogP contribution is -2.50. The molecule has 6 nitrogen and oxygen atoms in total. The molecule has 0 rings (SSSR count). The van der Waals surface area contributed by atoms with Crippen molar-refractivity contribution in [2.24, 2.45) is 0 Å². The molecule has 0 saturated heterocycles. The molecule has 112 valence electrons. The van der Waals surface area contributed by atoms with E-state index in [0.717, 1.165) is 6.42 Å². The minimum atomic E-state index is -0.446. The summed E-state index contributed by atoms with van der Waals surface area (Å²) in [6, 6.07) is -0.883. The van der Waals surface area contributed by atoms with E-state index in [4.69, 9.17) is 9.47 Å². The number of carbonyl (C=O) groups is 2. The Labute approximate surface area is 115 Å². The molecule has 0 aromatic rings. The van der Waals surface area contributed by atoms with Crippen LogP contribution in [0.5, 0.6) is 0 Å². The van der Waals surface area contributed by atoms with Crippen LogP contribution in [0.15, 0.2) is 0 Å². The van der Waals surface area contributed by atoms with Gasteiger partial charge >= 0.3 is 5.97 Å². The average Bonchev–Trinajstić information content (AvgIpc) is 2.38. The van der Waals surface area contributed by atoms with Crippen molar-refractivity contribution >= 4 is 11.9 Å². The van der Waals surface area contributed by atoms with Crippen molar-refractivity contribution in [3.63, 3.8) is 0 Å². The van der Waals surface area contributed by atoms with Gasteiger partial charge in [-0.1, -0.05) is 13.3 Å². The molecule has 0 aliphatic rings. The van der Waals surface area contributed by atoms with Crippen LogP contribution >= 0.6 is 0 Å². The Kier molecular flexibility index (Phi) is 10.1. The van der Waals surface area contributed by atoms with E-state index in [9.17, 15) is 9.59 Å². The number of rotatable bonds is 10. The highest BCUT2D eigenvalue weighted by molar-refractivity contribution is 5.83. The molecule has 0 saturated carbocycles. The summed E-state index contributed by atoms with van der Waals surface area (Å²) in [4.78, 5) is 23.5. The van der Waals surface area contributed by atoms with Gasteiger partial charge in [-0.25, -0.2) is 0 Å². The maximum absolute atomic E-state index is 11.8. The molecule has 6 heteroatoms. The molecule has 0 fully saturated rings. The summed E-state index contributed by atoms with van der Waals surface area (Å²) in [5.41, 5.74) is 0. The second kappa shape index (κ2) is 10.8. The molecule has 0 aromatic heterocycles. The first-order valence-corrected chi connectivity index (χ1v) is 6.76. The molecule has 2 atom stereocenters. The smallest absolute Gasteiger partial charge is 0.323 e. The number of nitrogens with one attached hydrogen (secondary N) is 2. The van der Waals surface area contributed by atoms with Crippen LogP contribution in [-0.4, -0.2) is 50.8 Å². The normalized spacial score (nSPS) is 13.7. The molecule has 19 heavy (non-hydrogen) atoms. The summed E-state index contributed by atoms with van der Waals surface area (Å²) in [6.45, 7) is 6.74. The Balaban J connectivity index is 4.24. The molecule has 0 spiro atoms. The van der Waals surface area contributed by atoms with Crippen molar-refractivity contribution < 1.29 is 19.1 Å². The van der Waals surface area contributed by atoms with Crippen LogP contribution in [0.25, 0.3) is 0 Å². The van der Waals surface area contributed by atoms with Gasteiger partial charge in [0, 0.05) is 13.7 Å². The second-order valence-electron chi connectivity index (χ2n) is 4.27. The summed E-state index contributed by atoms with van der Waals surface area (Å²) >= 11 is 0. The zero-order valence-corrected chi connectivity index (χ0v) is 12.3.